The maximum absolute atomic E-state index is 13.2. The van der Waals surface area contributed by atoms with E-state index in [2.05, 4.69) is 15.1 Å². The number of aryl methyl sites for hydroxylation is 2. The third-order valence-corrected chi connectivity index (χ3v) is 4.59. The smallest absolute Gasteiger partial charge is 0.278 e. The minimum atomic E-state index is -0.532. The molecular formula is C19H20N6O3. The summed E-state index contributed by atoms with van der Waals surface area (Å²) in [5.74, 6) is 0.410. The summed E-state index contributed by atoms with van der Waals surface area (Å²) in [5.41, 5.74) is 7.76. The molecule has 2 N–H and O–H groups in total. The van der Waals surface area contributed by atoms with Gasteiger partial charge in [-0.3, -0.25) is 14.2 Å². The monoisotopic (exact) mass is 380 g/mol. The molecule has 0 fully saturated rings. The molecule has 0 radical (unpaired) electrons. The quantitative estimate of drug-likeness (QED) is 0.541. The van der Waals surface area contributed by atoms with Gasteiger partial charge in [0.25, 0.3) is 5.56 Å². The van der Waals surface area contributed by atoms with Crippen molar-refractivity contribution in [2.24, 2.45) is 5.73 Å². The lowest BCUT2D eigenvalue weighted by atomic mass is 10.1. The molecule has 144 valence electrons. The van der Waals surface area contributed by atoms with Crippen LogP contribution in [-0.4, -0.2) is 30.2 Å². The number of amides is 1. The van der Waals surface area contributed by atoms with E-state index < -0.39 is 5.91 Å². The molecule has 9 heteroatoms. The van der Waals surface area contributed by atoms with Crippen LogP contribution in [0.25, 0.3) is 21.9 Å². The Morgan fingerprint density at radius 1 is 1.32 bits per heavy atom. The molecule has 3 aromatic heterocycles. The van der Waals surface area contributed by atoms with Gasteiger partial charge in [-0.05, 0) is 25.5 Å². The molecule has 3 heterocycles. The van der Waals surface area contributed by atoms with E-state index in [0.29, 0.717) is 29.2 Å². The molecule has 0 unspecified atom stereocenters. The predicted molar refractivity (Wildman–Crippen MR) is 103 cm³/mol. The number of rotatable bonds is 6. The Morgan fingerprint density at radius 3 is 2.89 bits per heavy atom. The summed E-state index contributed by atoms with van der Waals surface area (Å²) in [6.07, 6.45) is 3.08. The van der Waals surface area contributed by atoms with E-state index >= 15 is 0 Å². The first-order valence-corrected chi connectivity index (χ1v) is 9.05. The number of fused-ring (bicyclic) bond motifs is 3. The first kappa shape index (κ1) is 17.9. The first-order valence-electron chi connectivity index (χ1n) is 9.05. The molecule has 9 nitrogen and oxygen atoms in total. The zero-order chi connectivity index (χ0) is 19.8. The van der Waals surface area contributed by atoms with Crippen molar-refractivity contribution in [1.29, 1.82) is 0 Å². The van der Waals surface area contributed by atoms with Crippen molar-refractivity contribution in [3.63, 3.8) is 0 Å². The molecule has 1 aromatic carbocycles. The van der Waals surface area contributed by atoms with E-state index in [0.717, 1.165) is 22.9 Å². The summed E-state index contributed by atoms with van der Waals surface area (Å²) in [4.78, 5) is 33.6. The van der Waals surface area contributed by atoms with Crippen molar-refractivity contribution < 1.29 is 9.32 Å². The van der Waals surface area contributed by atoms with Gasteiger partial charge >= 0.3 is 0 Å². The van der Waals surface area contributed by atoms with Crippen molar-refractivity contribution in [3.8, 4) is 0 Å². The highest BCUT2D eigenvalue weighted by atomic mass is 16.5. The summed E-state index contributed by atoms with van der Waals surface area (Å²) in [6.45, 7) is 3.99. The Hall–Kier alpha value is -3.49. The van der Waals surface area contributed by atoms with Crippen LogP contribution in [0.2, 0.25) is 0 Å². The minimum Gasteiger partial charge on any atom is -0.368 e. The van der Waals surface area contributed by atoms with Gasteiger partial charge in [0.05, 0.1) is 11.8 Å². The lowest BCUT2D eigenvalue weighted by Gasteiger charge is -2.06. The van der Waals surface area contributed by atoms with Gasteiger partial charge in [-0.25, -0.2) is 4.98 Å². The second-order valence-corrected chi connectivity index (χ2v) is 6.80. The molecule has 28 heavy (non-hydrogen) atoms. The average Bonchev–Trinajstić information content (AvgIpc) is 3.20. The fourth-order valence-corrected chi connectivity index (χ4v) is 3.37. The van der Waals surface area contributed by atoms with Crippen molar-refractivity contribution in [2.45, 2.75) is 39.8 Å². The summed E-state index contributed by atoms with van der Waals surface area (Å²) < 4.78 is 8.25. The van der Waals surface area contributed by atoms with Gasteiger partial charge in [-0.15, -0.1) is 0 Å². The second kappa shape index (κ2) is 6.91. The van der Waals surface area contributed by atoms with Gasteiger partial charge in [0.2, 0.25) is 11.8 Å². The van der Waals surface area contributed by atoms with Gasteiger partial charge in [0, 0.05) is 11.8 Å². The van der Waals surface area contributed by atoms with Crippen LogP contribution in [0, 0.1) is 6.92 Å². The minimum absolute atomic E-state index is 0.106. The Bertz CT molecular complexity index is 1250. The number of nitrogens with zero attached hydrogens (tertiary/aromatic N) is 5. The van der Waals surface area contributed by atoms with Crippen LogP contribution in [0.4, 0.5) is 0 Å². The lowest BCUT2D eigenvalue weighted by molar-refractivity contribution is -0.118. The topological polar surface area (TPSA) is 122 Å². The van der Waals surface area contributed by atoms with Crippen LogP contribution in [0.3, 0.4) is 0 Å². The fourth-order valence-electron chi connectivity index (χ4n) is 3.37. The van der Waals surface area contributed by atoms with Crippen LogP contribution in [-0.2, 0) is 24.3 Å². The second-order valence-electron chi connectivity index (χ2n) is 6.80. The normalized spacial score (nSPS) is 11.5. The molecule has 0 aliphatic carbocycles. The highest BCUT2D eigenvalue weighted by molar-refractivity contribution is 6.06. The highest BCUT2D eigenvalue weighted by Gasteiger charge is 2.18. The molecule has 0 atom stereocenters. The van der Waals surface area contributed by atoms with Crippen molar-refractivity contribution >= 4 is 27.8 Å². The predicted octanol–water partition coefficient (Wildman–Crippen LogP) is 1.53. The number of carbonyl (C=O) groups is 1. The van der Waals surface area contributed by atoms with E-state index in [-0.39, 0.29) is 18.6 Å². The van der Waals surface area contributed by atoms with Crippen molar-refractivity contribution in [3.05, 3.63) is 52.2 Å². The molecule has 4 rings (SSSR count). The number of hydrogen-bond acceptors (Lipinski definition) is 6. The number of primary amides is 1. The molecule has 0 saturated carbocycles. The van der Waals surface area contributed by atoms with Crippen LogP contribution in [0.1, 0.15) is 30.6 Å². The molecular weight excluding hydrogens is 360 g/mol. The Labute approximate surface area is 159 Å². The van der Waals surface area contributed by atoms with Crippen LogP contribution in [0.5, 0.6) is 0 Å². The van der Waals surface area contributed by atoms with Gasteiger partial charge in [-0.2, -0.15) is 4.98 Å². The average molecular weight is 380 g/mol. The van der Waals surface area contributed by atoms with E-state index in [4.69, 9.17) is 10.3 Å². The van der Waals surface area contributed by atoms with Crippen LogP contribution >= 0.6 is 0 Å². The number of carbonyl (C=O) groups excluding carboxylic acids is 1. The number of hydrogen-bond donors (Lipinski definition) is 1. The lowest BCUT2D eigenvalue weighted by Crippen LogP contribution is -2.25. The maximum atomic E-state index is 13.2. The van der Waals surface area contributed by atoms with Crippen molar-refractivity contribution in [2.75, 3.05) is 0 Å². The zero-order valence-corrected chi connectivity index (χ0v) is 15.7. The Balaban J connectivity index is 1.88. The summed E-state index contributed by atoms with van der Waals surface area (Å²) in [6, 6.07) is 5.74. The number of nitrogens with two attached hydrogens (primary N) is 1. The molecule has 0 saturated heterocycles. The van der Waals surface area contributed by atoms with E-state index in [1.165, 1.54) is 10.9 Å². The molecule has 0 bridgehead atoms. The van der Waals surface area contributed by atoms with E-state index in [1.54, 1.807) is 4.57 Å². The highest BCUT2D eigenvalue weighted by Crippen LogP contribution is 2.26. The first-order chi connectivity index (χ1) is 13.5. The van der Waals surface area contributed by atoms with Gasteiger partial charge in [0.1, 0.15) is 24.1 Å². The van der Waals surface area contributed by atoms with Gasteiger partial charge in [0.15, 0.2) is 5.82 Å². The molecule has 0 spiro atoms. The number of benzene rings is 1. The van der Waals surface area contributed by atoms with Gasteiger partial charge in [-0.1, -0.05) is 23.7 Å². The maximum Gasteiger partial charge on any atom is 0.278 e. The zero-order valence-electron chi connectivity index (χ0n) is 15.7. The third-order valence-electron chi connectivity index (χ3n) is 4.59. The fraction of sp³-hybridized carbons (Fsp3) is 0.316. The van der Waals surface area contributed by atoms with Crippen LogP contribution in [0.15, 0.2) is 33.8 Å². The van der Waals surface area contributed by atoms with Crippen molar-refractivity contribution in [1.82, 2.24) is 24.3 Å². The standard InChI is InChI=1S/C19H20N6O3/c1-3-4-15-22-16(28-23-15)9-24-10-21-17-12-7-11(2)5-6-13(12)25(8-14(20)26)18(17)19(24)27/h5-7,10H,3-4,8-9H2,1-2H3,(H2,20,26). The summed E-state index contributed by atoms with van der Waals surface area (Å²) in [7, 11) is 0. The van der Waals surface area contributed by atoms with E-state index in [9.17, 15) is 9.59 Å². The Kier molecular flexibility index (Phi) is 4.42. The molecule has 4 aromatic rings. The third kappa shape index (κ3) is 3.04. The van der Waals surface area contributed by atoms with Gasteiger partial charge < -0.3 is 14.8 Å². The number of aromatic nitrogens is 5. The largest absolute Gasteiger partial charge is 0.368 e. The summed E-state index contributed by atoms with van der Waals surface area (Å²) in [5, 5.41) is 4.72. The SMILES string of the molecule is CCCc1noc(Cn2cnc3c4cc(C)ccc4n(CC(N)=O)c3c2=O)n1. The Morgan fingerprint density at radius 2 is 2.14 bits per heavy atom. The van der Waals surface area contributed by atoms with Crippen LogP contribution < -0.4 is 11.3 Å². The molecule has 0 aliphatic heterocycles. The molecule has 0 aliphatic rings. The summed E-state index contributed by atoms with van der Waals surface area (Å²) >= 11 is 0. The molecule has 1 amide bonds. The van der Waals surface area contributed by atoms with E-state index in [1.807, 2.05) is 32.0 Å².